The summed E-state index contributed by atoms with van der Waals surface area (Å²) in [5.74, 6) is 6.76. The molecular formula is C22H35N5O3. The number of amides is 1. The highest BCUT2D eigenvalue weighted by molar-refractivity contribution is 5.69. The molecule has 2 aliphatic rings. The first-order chi connectivity index (χ1) is 14.4. The van der Waals surface area contributed by atoms with Crippen molar-refractivity contribution in [2.24, 2.45) is 11.6 Å². The summed E-state index contributed by atoms with van der Waals surface area (Å²) in [4.78, 5) is 16.7. The predicted octanol–water partition coefficient (Wildman–Crippen LogP) is 3.20. The zero-order chi connectivity index (χ0) is 21.5. The highest BCUT2D eigenvalue weighted by atomic mass is 16.6. The van der Waals surface area contributed by atoms with Gasteiger partial charge in [-0.1, -0.05) is 6.42 Å². The van der Waals surface area contributed by atoms with Crippen LogP contribution in [0.2, 0.25) is 0 Å². The third-order valence-electron chi connectivity index (χ3n) is 5.87. The van der Waals surface area contributed by atoms with Gasteiger partial charge in [-0.25, -0.2) is 15.6 Å². The number of nitrogens with two attached hydrogens (primary N) is 2. The van der Waals surface area contributed by atoms with Crippen molar-refractivity contribution in [1.29, 1.82) is 0 Å². The molecule has 1 aromatic rings. The number of alkyl carbamates (subject to hydrolysis) is 1. The fourth-order valence-corrected chi connectivity index (χ4v) is 4.10. The number of hydrogen-bond acceptors (Lipinski definition) is 7. The number of nitrogens with zero attached hydrogens (tertiary/aromatic N) is 2. The fourth-order valence-electron chi connectivity index (χ4n) is 4.10. The molecule has 0 unspecified atom stereocenters. The second kappa shape index (κ2) is 10.5. The second-order valence-corrected chi connectivity index (χ2v) is 8.29. The topological polar surface area (TPSA) is 116 Å². The molecule has 30 heavy (non-hydrogen) atoms. The van der Waals surface area contributed by atoms with Gasteiger partial charge in [0.05, 0.1) is 35.4 Å². The van der Waals surface area contributed by atoms with Gasteiger partial charge >= 0.3 is 6.09 Å². The molecule has 1 heterocycles. The molecule has 2 fully saturated rings. The van der Waals surface area contributed by atoms with Crippen LogP contribution < -0.4 is 21.6 Å². The van der Waals surface area contributed by atoms with Crippen molar-refractivity contribution in [2.75, 3.05) is 13.6 Å². The third kappa shape index (κ3) is 6.01. The van der Waals surface area contributed by atoms with Gasteiger partial charge in [0.15, 0.2) is 0 Å². The summed E-state index contributed by atoms with van der Waals surface area (Å²) in [5.41, 5.74) is 8.71. The molecule has 8 heteroatoms. The predicted molar refractivity (Wildman–Crippen MR) is 116 cm³/mol. The van der Waals surface area contributed by atoms with Crippen LogP contribution in [0, 0.1) is 6.92 Å². The van der Waals surface area contributed by atoms with E-state index in [9.17, 15) is 4.79 Å². The molecule has 0 bridgehead atoms. The lowest BCUT2D eigenvalue weighted by atomic mass is 9.98. The Hall–Kier alpha value is -2.48. The number of hydrazine groups is 1. The highest BCUT2D eigenvalue weighted by Crippen LogP contribution is 2.26. The number of aromatic nitrogens is 1. The van der Waals surface area contributed by atoms with Crippen molar-refractivity contribution in [2.45, 2.75) is 76.9 Å². The Balaban J connectivity index is 1.65. The van der Waals surface area contributed by atoms with Crippen LogP contribution in [0.5, 0.6) is 5.75 Å². The van der Waals surface area contributed by atoms with Gasteiger partial charge in [-0.2, -0.15) is 0 Å². The first kappa shape index (κ1) is 22.2. The van der Waals surface area contributed by atoms with Crippen LogP contribution in [0.1, 0.15) is 69.2 Å². The SMILES string of the molecule is Cc1nc(/C(N)=C(\CNC(=O)OC2CCCC2)N(C)N)ccc1OC1CCCCC1. The van der Waals surface area contributed by atoms with Crippen molar-refractivity contribution in [3.05, 3.63) is 29.2 Å². The quantitative estimate of drug-likeness (QED) is 0.461. The standard InChI is InChI=1S/C22H35N5O3/c1-15-20(29-16-8-4-3-5-9-16)13-12-18(26-15)21(23)19(27(2)24)14-25-22(28)30-17-10-6-7-11-17/h12-13,16-17H,3-11,14,23-24H2,1-2H3,(H,25,28)/b21-19-. The monoisotopic (exact) mass is 417 g/mol. The van der Waals surface area contributed by atoms with Crippen molar-refractivity contribution in [3.63, 3.8) is 0 Å². The molecule has 2 aliphatic carbocycles. The molecule has 5 N–H and O–H groups in total. The molecule has 166 valence electrons. The maximum Gasteiger partial charge on any atom is 0.407 e. The van der Waals surface area contributed by atoms with Crippen molar-refractivity contribution < 1.29 is 14.3 Å². The summed E-state index contributed by atoms with van der Waals surface area (Å²) in [5, 5.41) is 4.15. The van der Waals surface area contributed by atoms with E-state index >= 15 is 0 Å². The molecule has 0 aliphatic heterocycles. The average Bonchev–Trinajstić information content (AvgIpc) is 3.23. The van der Waals surface area contributed by atoms with E-state index < -0.39 is 6.09 Å². The van der Waals surface area contributed by atoms with Crippen LogP contribution >= 0.6 is 0 Å². The van der Waals surface area contributed by atoms with Gasteiger partial charge in [-0.15, -0.1) is 0 Å². The molecule has 1 aromatic heterocycles. The van der Waals surface area contributed by atoms with E-state index in [0.717, 1.165) is 50.0 Å². The fraction of sp³-hybridized carbons (Fsp3) is 0.636. The highest BCUT2D eigenvalue weighted by Gasteiger charge is 2.20. The van der Waals surface area contributed by atoms with Crippen LogP contribution in [0.4, 0.5) is 4.79 Å². The molecule has 3 rings (SSSR count). The normalized spacial score (nSPS) is 18.6. The van der Waals surface area contributed by atoms with Crippen LogP contribution in [0.3, 0.4) is 0 Å². The maximum absolute atomic E-state index is 12.1. The van der Waals surface area contributed by atoms with Crippen molar-refractivity contribution >= 4 is 11.8 Å². The number of pyridine rings is 1. The van der Waals surface area contributed by atoms with Crippen molar-refractivity contribution in [3.8, 4) is 5.75 Å². The molecule has 1 amide bonds. The number of rotatable bonds is 7. The first-order valence-corrected chi connectivity index (χ1v) is 11.0. The first-order valence-electron chi connectivity index (χ1n) is 11.0. The smallest absolute Gasteiger partial charge is 0.407 e. The lowest BCUT2D eigenvalue weighted by Crippen LogP contribution is -2.37. The molecule has 8 nitrogen and oxygen atoms in total. The summed E-state index contributed by atoms with van der Waals surface area (Å²) in [6, 6.07) is 3.75. The summed E-state index contributed by atoms with van der Waals surface area (Å²) in [6.45, 7) is 2.07. The van der Waals surface area contributed by atoms with E-state index in [1.54, 1.807) is 7.05 Å². The number of likely N-dealkylation sites (N-methyl/N-ethyl adjacent to an activating group) is 1. The number of aryl methyl sites for hydroxylation is 1. The van der Waals surface area contributed by atoms with E-state index in [0.29, 0.717) is 17.1 Å². The van der Waals surface area contributed by atoms with Gasteiger partial charge in [0, 0.05) is 7.05 Å². The van der Waals surface area contributed by atoms with Crippen LogP contribution in [0.15, 0.2) is 17.8 Å². The molecule has 0 radical (unpaired) electrons. The van der Waals surface area contributed by atoms with Crippen LogP contribution in [-0.2, 0) is 4.74 Å². The molecule has 0 saturated heterocycles. The maximum atomic E-state index is 12.1. The summed E-state index contributed by atoms with van der Waals surface area (Å²) >= 11 is 0. The number of hydrogen-bond donors (Lipinski definition) is 3. The number of carbonyl (C=O) groups excluding carboxylic acids is 1. The van der Waals surface area contributed by atoms with E-state index in [4.69, 9.17) is 21.1 Å². The zero-order valence-electron chi connectivity index (χ0n) is 18.2. The van der Waals surface area contributed by atoms with E-state index in [2.05, 4.69) is 10.3 Å². The summed E-state index contributed by atoms with van der Waals surface area (Å²) in [7, 11) is 1.68. The minimum Gasteiger partial charge on any atom is -0.489 e. The minimum atomic E-state index is -0.450. The van der Waals surface area contributed by atoms with E-state index in [1.165, 1.54) is 24.3 Å². The van der Waals surface area contributed by atoms with Gasteiger partial charge in [-0.05, 0) is 70.4 Å². The Morgan fingerprint density at radius 1 is 1.13 bits per heavy atom. The summed E-state index contributed by atoms with van der Waals surface area (Å²) < 4.78 is 11.6. The molecular weight excluding hydrogens is 382 g/mol. The Kier molecular flexibility index (Phi) is 7.79. The molecule has 0 atom stereocenters. The van der Waals surface area contributed by atoms with Gasteiger partial charge in [0.2, 0.25) is 0 Å². The van der Waals surface area contributed by atoms with Gasteiger partial charge in [-0.3, -0.25) is 0 Å². The average molecular weight is 418 g/mol. The molecule has 2 saturated carbocycles. The van der Waals surface area contributed by atoms with E-state index in [-0.39, 0.29) is 18.8 Å². The summed E-state index contributed by atoms with van der Waals surface area (Å²) in [6.07, 6.45) is 9.78. The van der Waals surface area contributed by atoms with E-state index in [1.807, 2.05) is 19.1 Å². The second-order valence-electron chi connectivity index (χ2n) is 8.29. The Labute approximate surface area is 179 Å². The van der Waals surface area contributed by atoms with Crippen LogP contribution in [-0.4, -0.2) is 41.9 Å². The minimum absolute atomic E-state index is 0.00593. The van der Waals surface area contributed by atoms with Gasteiger partial charge in [0.25, 0.3) is 0 Å². The van der Waals surface area contributed by atoms with Crippen LogP contribution in [0.25, 0.3) is 5.70 Å². The van der Waals surface area contributed by atoms with Gasteiger partial charge < -0.3 is 25.5 Å². The van der Waals surface area contributed by atoms with Gasteiger partial charge in [0.1, 0.15) is 11.9 Å². The molecule has 0 spiro atoms. The lowest BCUT2D eigenvalue weighted by Gasteiger charge is -2.24. The largest absolute Gasteiger partial charge is 0.489 e. The Morgan fingerprint density at radius 2 is 1.77 bits per heavy atom. The Morgan fingerprint density at radius 3 is 2.40 bits per heavy atom. The Bertz CT molecular complexity index is 753. The number of nitrogens with one attached hydrogen (secondary N) is 1. The third-order valence-corrected chi connectivity index (χ3v) is 5.87. The van der Waals surface area contributed by atoms with Crippen molar-refractivity contribution in [1.82, 2.24) is 15.3 Å². The zero-order valence-corrected chi connectivity index (χ0v) is 18.2. The molecule has 0 aromatic carbocycles. The lowest BCUT2D eigenvalue weighted by molar-refractivity contribution is 0.101. The number of carbonyl (C=O) groups is 1. The number of ether oxygens (including phenoxy) is 2.